The van der Waals surface area contributed by atoms with E-state index in [4.69, 9.17) is 4.74 Å². The van der Waals surface area contributed by atoms with Crippen LogP contribution in [-0.2, 0) is 14.3 Å². The lowest BCUT2D eigenvalue weighted by molar-refractivity contribution is -0.143. The van der Waals surface area contributed by atoms with Gasteiger partial charge in [0.25, 0.3) is 0 Å². The Hall–Kier alpha value is -1.40. The Morgan fingerprint density at radius 2 is 0.627 bits per heavy atom. The summed E-state index contributed by atoms with van der Waals surface area (Å²) in [6.07, 6.45) is 79.6. The zero-order valence-corrected chi connectivity index (χ0v) is 51.1. The van der Waals surface area contributed by atoms with Gasteiger partial charge in [-0.2, -0.15) is 0 Å². The second kappa shape index (κ2) is 65.1. The molecule has 0 aromatic rings. The minimum atomic E-state index is -0.667. The van der Waals surface area contributed by atoms with E-state index in [0.717, 1.165) is 44.9 Å². The van der Waals surface area contributed by atoms with Crippen LogP contribution < -0.4 is 5.32 Å². The van der Waals surface area contributed by atoms with Crippen LogP contribution in [0.25, 0.3) is 0 Å². The van der Waals surface area contributed by atoms with Gasteiger partial charge in [0.15, 0.2) is 0 Å². The summed E-state index contributed by atoms with van der Waals surface area (Å²) in [4.78, 5) is 24.6. The number of unbranched alkanes of at least 4 members (excludes halogenated alkanes) is 52. The molecule has 6 heteroatoms. The minimum absolute atomic E-state index is 0.00263. The molecule has 0 saturated heterocycles. The molecule has 6 nitrogen and oxygen atoms in total. The average molecular weight is 1060 g/mol. The summed E-state index contributed by atoms with van der Waals surface area (Å²) in [5.41, 5.74) is 0. The van der Waals surface area contributed by atoms with Gasteiger partial charge >= 0.3 is 5.97 Å². The second-order valence-corrected chi connectivity index (χ2v) is 23.9. The van der Waals surface area contributed by atoms with E-state index in [1.54, 1.807) is 0 Å². The Bertz CT molecular complexity index is 1130. The Balaban J connectivity index is 3.39. The molecule has 2 unspecified atom stereocenters. The summed E-state index contributed by atoms with van der Waals surface area (Å²) in [7, 11) is 0. The molecule has 0 aliphatic carbocycles. The summed E-state index contributed by atoms with van der Waals surface area (Å²) < 4.78 is 5.48. The smallest absolute Gasteiger partial charge is 0.305 e. The Morgan fingerprint density at radius 3 is 0.960 bits per heavy atom. The molecule has 3 N–H and O–H groups in total. The number of rotatable bonds is 65. The molecule has 0 aromatic heterocycles. The molecule has 0 spiro atoms. The number of carbonyl (C=O) groups excluding carboxylic acids is 2. The predicted octanol–water partition coefficient (Wildman–Crippen LogP) is 22.0. The third-order valence-corrected chi connectivity index (χ3v) is 16.3. The van der Waals surface area contributed by atoms with E-state index >= 15 is 0 Å². The van der Waals surface area contributed by atoms with Gasteiger partial charge in [-0.25, -0.2) is 0 Å². The van der Waals surface area contributed by atoms with Gasteiger partial charge < -0.3 is 20.3 Å². The zero-order chi connectivity index (χ0) is 54.3. The number of ether oxygens (including phenoxy) is 1. The highest BCUT2D eigenvalue weighted by Crippen LogP contribution is 2.19. The van der Waals surface area contributed by atoms with E-state index in [9.17, 15) is 19.8 Å². The van der Waals surface area contributed by atoms with Crippen LogP contribution in [-0.4, -0.2) is 47.4 Å². The normalized spacial score (nSPS) is 12.5. The van der Waals surface area contributed by atoms with Crippen molar-refractivity contribution in [2.75, 3.05) is 13.2 Å². The SMILES string of the molecule is CCCCCC/C=C\CCCCCCCC(=O)OCCCCCCCCCCCCCCCCCCCCCCC(=O)NC(CO)C(O)CCCCCCCCCCCCCCCCCCCCCCCCCCC. The highest BCUT2D eigenvalue weighted by molar-refractivity contribution is 5.76. The van der Waals surface area contributed by atoms with Crippen molar-refractivity contribution in [3.63, 3.8) is 0 Å². The number of aliphatic hydroxyl groups excluding tert-OH is 2. The van der Waals surface area contributed by atoms with Crippen LogP contribution in [0.15, 0.2) is 12.2 Å². The first kappa shape index (κ1) is 73.6. The van der Waals surface area contributed by atoms with Gasteiger partial charge in [0, 0.05) is 12.8 Å². The molecule has 0 fully saturated rings. The summed E-state index contributed by atoms with van der Waals surface area (Å²) in [5.74, 6) is -0.0291. The number of aliphatic hydroxyl groups is 2. The Morgan fingerprint density at radius 1 is 0.360 bits per heavy atom. The molecule has 0 bridgehead atoms. The van der Waals surface area contributed by atoms with E-state index < -0.39 is 12.1 Å². The molecule has 0 heterocycles. The maximum Gasteiger partial charge on any atom is 0.305 e. The fourth-order valence-corrected chi connectivity index (χ4v) is 11.1. The van der Waals surface area contributed by atoms with Crippen LogP contribution in [0.1, 0.15) is 393 Å². The molecule has 446 valence electrons. The minimum Gasteiger partial charge on any atom is -0.466 e. The van der Waals surface area contributed by atoms with Crippen molar-refractivity contribution in [1.29, 1.82) is 0 Å². The summed E-state index contributed by atoms with van der Waals surface area (Å²) in [6, 6.07) is -0.544. The molecule has 0 aliphatic heterocycles. The van der Waals surface area contributed by atoms with Crippen molar-refractivity contribution in [3.05, 3.63) is 12.2 Å². The Labute approximate surface area is 469 Å². The second-order valence-electron chi connectivity index (χ2n) is 23.9. The molecular formula is C69H135NO5. The van der Waals surface area contributed by atoms with Gasteiger partial charge in [-0.15, -0.1) is 0 Å². The number of allylic oxidation sites excluding steroid dienone is 2. The van der Waals surface area contributed by atoms with Crippen molar-refractivity contribution in [2.45, 2.75) is 405 Å². The largest absolute Gasteiger partial charge is 0.466 e. The van der Waals surface area contributed by atoms with Gasteiger partial charge in [-0.1, -0.05) is 341 Å². The van der Waals surface area contributed by atoms with Crippen LogP contribution in [0.5, 0.6) is 0 Å². The standard InChI is InChI=1S/C69H135NO5/c1-3-5-7-9-11-13-15-17-18-19-20-21-22-23-24-25-28-31-34-38-41-45-49-53-57-61-67(72)66(65-71)70-68(73)62-58-54-50-46-42-39-35-32-29-26-27-30-33-36-40-44-48-52-56-60-64-75-69(74)63-59-55-51-47-43-37-16-14-12-10-8-6-4-2/h14,16,66-67,71-72H,3-13,15,17-65H2,1-2H3,(H,70,73)/b16-14-. The first-order valence-corrected chi connectivity index (χ1v) is 34.4. The topological polar surface area (TPSA) is 95.9 Å². The van der Waals surface area contributed by atoms with E-state index in [1.165, 1.54) is 315 Å². The van der Waals surface area contributed by atoms with Gasteiger partial charge in [-0.3, -0.25) is 9.59 Å². The number of esters is 1. The maximum atomic E-state index is 12.6. The van der Waals surface area contributed by atoms with Crippen LogP contribution >= 0.6 is 0 Å². The van der Waals surface area contributed by atoms with E-state index in [0.29, 0.717) is 25.9 Å². The molecule has 0 rings (SSSR count). The molecule has 0 radical (unpaired) electrons. The Kier molecular flexibility index (Phi) is 63.9. The monoisotopic (exact) mass is 1060 g/mol. The van der Waals surface area contributed by atoms with E-state index in [-0.39, 0.29) is 18.5 Å². The van der Waals surface area contributed by atoms with Crippen LogP contribution in [0.3, 0.4) is 0 Å². The highest BCUT2D eigenvalue weighted by atomic mass is 16.5. The van der Waals surface area contributed by atoms with E-state index in [2.05, 4.69) is 31.3 Å². The van der Waals surface area contributed by atoms with Crippen molar-refractivity contribution in [3.8, 4) is 0 Å². The molecule has 75 heavy (non-hydrogen) atoms. The zero-order valence-electron chi connectivity index (χ0n) is 51.1. The number of hydrogen-bond acceptors (Lipinski definition) is 5. The lowest BCUT2D eigenvalue weighted by Crippen LogP contribution is -2.45. The third kappa shape index (κ3) is 61.7. The first-order valence-electron chi connectivity index (χ1n) is 34.4. The van der Waals surface area contributed by atoms with Crippen molar-refractivity contribution >= 4 is 11.9 Å². The number of carbonyl (C=O) groups is 2. The number of amides is 1. The maximum absolute atomic E-state index is 12.6. The van der Waals surface area contributed by atoms with Crippen molar-refractivity contribution < 1.29 is 24.5 Å². The van der Waals surface area contributed by atoms with Crippen molar-refractivity contribution in [1.82, 2.24) is 5.32 Å². The molecule has 2 atom stereocenters. The van der Waals surface area contributed by atoms with Crippen LogP contribution in [0, 0.1) is 0 Å². The van der Waals surface area contributed by atoms with Gasteiger partial charge in [0.2, 0.25) is 5.91 Å². The van der Waals surface area contributed by atoms with E-state index in [1.807, 2.05) is 0 Å². The number of nitrogens with one attached hydrogen (secondary N) is 1. The molecule has 0 aliphatic rings. The average Bonchev–Trinajstić information content (AvgIpc) is 3.41. The molecule has 0 saturated carbocycles. The summed E-state index contributed by atoms with van der Waals surface area (Å²) in [5, 5.41) is 23.4. The first-order chi connectivity index (χ1) is 37.0. The lowest BCUT2D eigenvalue weighted by atomic mass is 10.0. The van der Waals surface area contributed by atoms with Crippen LogP contribution in [0.2, 0.25) is 0 Å². The molecule has 0 aromatic carbocycles. The molecule has 1 amide bonds. The van der Waals surface area contributed by atoms with Crippen LogP contribution in [0.4, 0.5) is 0 Å². The third-order valence-electron chi connectivity index (χ3n) is 16.3. The quantitative estimate of drug-likeness (QED) is 0.0320. The summed E-state index contributed by atoms with van der Waals surface area (Å²) in [6.45, 7) is 4.97. The number of hydrogen-bond donors (Lipinski definition) is 3. The molecular weight excluding hydrogens is 923 g/mol. The lowest BCUT2D eigenvalue weighted by Gasteiger charge is -2.22. The van der Waals surface area contributed by atoms with Gasteiger partial charge in [0.1, 0.15) is 0 Å². The van der Waals surface area contributed by atoms with Gasteiger partial charge in [0.05, 0.1) is 25.4 Å². The summed E-state index contributed by atoms with van der Waals surface area (Å²) >= 11 is 0. The van der Waals surface area contributed by atoms with Gasteiger partial charge in [-0.05, 0) is 51.4 Å². The predicted molar refractivity (Wildman–Crippen MR) is 329 cm³/mol. The van der Waals surface area contributed by atoms with Crippen molar-refractivity contribution in [2.24, 2.45) is 0 Å². The fourth-order valence-electron chi connectivity index (χ4n) is 11.1. The fraction of sp³-hybridized carbons (Fsp3) is 0.942. The highest BCUT2D eigenvalue weighted by Gasteiger charge is 2.20.